The zero-order chi connectivity index (χ0) is 13.2. The summed E-state index contributed by atoms with van der Waals surface area (Å²) in [4.78, 5) is 1.31. The standard InChI is InChI=1S/C13H18BrN3S/c1-13(2,3)15-8-10-6-7-17(16-10)9-11-4-5-12(14)18-11/h4-7,15H,8-9H2,1-3H3. The molecule has 0 bridgehead atoms. The Morgan fingerprint density at radius 3 is 2.72 bits per heavy atom. The third kappa shape index (κ3) is 4.23. The van der Waals surface area contributed by atoms with Gasteiger partial charge in [-0.15, -0.1) is 11.3 Å². The molecule has 2 heterocycles. The molecule has 18 heavy (non-hydrogen) atoms. The number of rotatable bonds is 4. The zero-order valence-electron chi connectivity index (χ0n) is 10.9. The average Bonchev–Trinajstić information content (AvgIpc) is 2.85. The third-order valence-corrected chi connectivity index (χ3v) is 4.05. The molecule has 2 aromatic heterocycles. The number of nitrogens with one attached hydrogen (secondary N) is 1. The normalized spacial score (nSPS) is 12.0. The van der Waals surface area contributed by atoms with Crippen LogP contribution >= 0.6 is 27.3 Å². The van der Waals surface area contributed by atoms with Gasteiger partial charge in [0.05, 0.1) is 16.0 Å². The minimum atomic E-state index is 0.127. The maximum Gasteiger partial charge on any atom is 0.0762 e. The first-order valence-corrected chi connectivity index (χ1v) is 7.55. The van der Waals surface area contributed by atoms with Gasteiger partial charge in [0, 0.05) is 23.2 Å². The van der Waals surface area contributed by atoms with E-state index in [1.165, 1.54) is 8.66 Å². The highest BCUT2D eigenvalue weighted by Crippen LogP contribution is 2.22. The van der Waals surface area contributed by atoms with Crippen LogP contribution in [0.5, 0.6) is 0 Å². The number of halogens is 1. The lowest BCUT2D eigenvalue weighted by molar-refractivity contribution is 0.419. The fraction of sp³-hybridized carbons (Fsp3) is 0.462. The van der Waals surface area contributed by atoms with E-state index in [0.29, 0.717) is 0 Å². The summed E-state index contributed by atoms with van der Waals surface area (Å²) in [5.41, 5.74) is 1.21. The molecule has 0 aliphatic rings. The maximum atomic E-state index is 4.56. The molecule has 0 saturated carbocycles. The molecule has 2 rings (SSSR count). The first-order chi connectivity index (χ1) is 8.42. The summed E-state index contributed by atoms with van der Waals surface area (Å²) < 4.78 is 3.15. The molecule has 0 aliphatic heterocycles. The van der Waals surface area contributed by atoms with Crippen LogP contribution in [-0.2, 0) is 13.1 Å². The van der Waals surface area contributed by atoms with E-state index in [1.807, 2.05) is 10.9 Å². The number of hydrogen-bond acceptors (Lipinski definition) is 3. The highest BCUT2D eigenvalue weighted by molar-refractivity contribution is 9.11. The predicted molar refractivity (Wildman–Crippen MR) is 79.9 cm³/mol. The van der Waals surface area contributed by atoms with Gasteiger partial charge >= 0.3 is 0 Å². The van der Waals surface area contributed by atoms with Crippen LogP contribution < -0.4 is 5.32 Å². The van der Waals surface area contributed by atoms with E-state index in [0.717, 1.165) is 18.8 Å². The molecule has 0 radical (unpaired) electrons. The molecule has 5 heteroatoms. The third-order valence-electron chi connectivity index (χ3n) is 2.44. The van der Waals surface area contributed by atoms with Gasteiger partial charge in [0.15, 0.2) is 0 Å². The molecule has 0 spiro atoms. The van der Waals surface area contributed by atoms with Crippen molar-refractivity contribution in [3.8, 4) is 0 Å². The van der Waals surface area contributed by atoms with Gasteiger partial charge in [-0.3, -0.25) is 4.68 Å². The van der Waals surface area contributed by atoms with Crippen LogP contribution in [0, 0.1) is 0 Å². The van der Waals surface area contributed by atoms with Gasteiger partial charge in [0.25, 0.3) is 0 Å². The molecule has 98 valence electrons. The number of nitrogens with zero attached hydrogens (tertiary/aromatic N) is 2. The van der Waals surface area contributed by atoms with Crippen molar-refractivity contribution in [3.63, 3.8) is 0 Å². The lowest BCUT2D eigenvalue weighted by atomic mass is 10.1. The summed E-state index contributed by atoms with van der Waals surface area (Å²) in [7, 11) is 0. The van der Waals surface area contributed by atoms with Crippen LogP contribution in [0.1, 0.15) is 31.3 Å². The van der Waals surface area contributed by atoms with Gasteiger partial charge in [0.2, 0.25) is 0 Å². The lowest BCUT2D eigenvalue weighted by Gasteiger charge is -2.19. The zero-order valence-corrected chi connectivity index (χ0v) is 13.3. The highest BCUT2D eigenvalue weighted by Gasteiger charge is 2.09. The van der Waals surface area contributed by atoms with Crippen molar-refractivity contribution in [2.45, 2.75) is 39.4 Å². The molecule has 0 amide bonds. The number of aromatic nitrogens is 2. The topological polar surface area (TPSA) is 29.9 Å². The first kappa shape index (κ1) is 13.8. The van der Waals surface area contributed by atoms with Gasteiger partial charge < -0.3 is 5.32 Å². The largest absolute Gasteiger partial charge is 0.306 e. The van der Waals surface area contributed by atoms with Crippen molar-refractivity contribution in [3.05, 3.63) is 38.8 Å². The highest BCUT2D eigenvalue weighted by atomic mass is 79.9. The van der Waals surface area contributed by atoms with Crippen molar-refractivity contribution in [1.82, 2.24) is 15.1 Å². The number of thiophene rings is 1. The van der Waals surface area contributed by atoms with Crippen LogP contribution in [0.15, 0.2) is 28.2 Å². The summed E-state index contributed by atoms with van der Waals surface area (Å²) >= 11 is 5.23. The Morgan fingerprint density at radius 2 is 2.11 bits per heavy atom. The predicted octanol–water partition coefficient (Wildman–Crippen LogP) is 3.64. The summed E-state index contributed by atoms with van der Waals surface area (Å²) in [6.45, 7) is 8.13. The minimum absolute atomic E-state index is 0.127. The molecule has 0 atom stereocenters. The Labute approximate surface area is 120 Å². The summed E-state index contributed by atoms with van der Waals surface area (Å²) in [6, 6.07) is 6.27. The van der Waals surface area contributed by atoms with Crippen molar-refractivity contribution in [2.75, 3.05) is 0 Å². The Hall–Kier alpha value is -0.650. The Morgan fingerprint density at radius 1 is 1.33 bits per heavy atom. The van der Waals surface area contributed by atoms with E-state index in [1.54, 1.807) is 11.3 Å². The van der Waals surface area contributed by atoms with E-state index in [-0.39, 0.29) is 5.54 Å². The lowest BCUT2D eigenvalue weighted by Crippen LogP contribution is -2.35. The molecule has 0 unspecified atom stereocenters. The minimum Gasteiger partial charge on any atom is -0.306 e. The summed E-state index contributed by atoms with van der Waals surface area (Å²) in [5, 5.41) is 8.00. The molecule has 3 nitrogen and oxygen atoms in total. The Balaban J connectivity index is 1.94. The van der Waals surface area contributed by atoms with Crippen molar-refractivity contribution < 1.29 is 0 Å². The quantitative estimate of drug-likeness (QED) is 0.929. The number of hydrogen-bond donors (Lipinski definition) is 1. The fourth-order valence-electron chi connectivity index (χ4n) is 1.54. The van der Waals surface area contributed by atoms with Gasteiger partial charge in [-0.05, 0) is 54.9 Å². The van der Waals surface area contributed by atoms with E-state index < -0.39 is 0 Å². The maximum absolute atomic E-state index is 4.56. The van der Waals surface area contributed by atoms with Crippen LogP contribution in [0.2, 0.25) is 0 Å². The second-order valence-corrected chi connectivity index (χ2v) is 7.86. The Kier molecular flexibility index (Phi) is 4.25. The van der Waals surface area contributed by atoms with Crippen molar-refractivity contribution >= 4 is 27.3 Å². The molecular weight excluding hydrogens is 310 g/mol. The smallest absolute Gasteiger partial charge is 0.0762 e. The van der Waals surface area contributed by atoms with Gasteiger partial charge in [0.1, 0.15) is 0 Å². The monoisotopic (exact) mass is 327 g/mol. The van der Waals surface area contributed by atoms with Gasteiger partial charge in [-0.25, -0.2) is 0 Å². The van der Waals surface area contributed by atoms with Crippen molar-refractivity contribution in [2.24, 2.45) is 0 Å². The SMILES string of the molecule is CC(C)(C)NCc1ccn(Cc2ccc(Br)s2)n1. The van der Waals surface area contributed by atoms with E-state index >= 15 is 0 Å². The second-order valence-electron chi connectivity index (χ2n) is 5.31. The molecule has 0 aromatic carbocycles. The van der Waals surface area contributed by atoms with Crippen LogP contribution in [0.25, 0.3) is 0 Å². The first-order valence-electron chi connectivity index (χ1n) is 5.94. The van der Waals surface area contributed by atoms with Crippen LogP contribution in [-0.4, -0.2) is 15.3 Å². The Bertz CT molecular complexity index is 510. The van der Waals surface area contributed by atoms with Crippen LogP contribution in [0.4, 0.5) is 0 Å². The summed E-state index contributed by atoms with van der Waals surface area (Å²) in [5.74, 6) is 0. The van der Waals surface area contributed by atoms with Crippen molar-refractivity contribution in [1.29, 1.82) is 0 Å². The fourth-order valence-corrected chi connectivity index (χ4v) is 3.01. The average molecular weight is 328 g/mol. The van der Waals surface area contributed by atoms with E-state index in [2.05, 4.69) is 65.3 Å². The molecule has 1 N–H and O–H groups in total. The summed E-state index contributed by atoms with van der Waals surface area (Å²) in [6.07, 6.45) is 2.04. The molecule has 0 saturated heterocycles. The molecule has 2 aromatic rings. The van der Waals surface area contributed by atoms with Crippen LogP contribution in [0.3, 0.4) is 0 Å². The van der Waals surface area contributed by atoms with Gasteiger partial charge in [-0.1, -0.05) is 0 Å². The van der Waals surface area contributed by atoms with E-state index in [9.17, 15) is 0 Å². The molecule has 0 fully saturated rings. The molecule has 0 aliphatic carbocycles. The van der Waals surface area contributed by atoms with E-state index in [4.69, 9.17) is 0 Å². The van der Waals surface area contributed by atoms with Gasteiger partial charge in [-0.2, -0.15) is 5.10 Å². The molecular formula is C13H18BrN3S. The second kappa shape index (κ2) is 5.55.